The summed E-state index contributed by atoms with van der Waals surface area (Å²) in [6, 6.07) is 5.37. The lowest BCUT2D eigenvalue weighted by Crippen LogP contribution is -2.31. The van der Waals surface area contributed by atoms with Crippen LogP contribution >= 0.6 is 24.0 Å². The highest BCUT2D eigenvalue weighted by molar-refractivity contribution is 8.26. The molecular weight excluding hydrogens is 396 g/mol. The van der Waals surface area contributed by atoms with Gasteiger partial charge in [-0.2, -0.15) is 0 Å². The molecule has 0 spiro atoms. The van der Waals surface area contributed by atoms with Crippen molar-refractivity contribution in [1.82, 2.24) is 14.3 Å². The average molecular weight is 419 g/mol. The normalized spacial score (nSPS) is 16.0. The average Bonchev–Trinajstić information content (AvgIpc) is 2.94. The van der Waals surface area contributed by atoms with Gasteiger partial charge in [0.1, 0.15) is 15.8 Å². The van der Waals surface area contributed by atoms with Gasteiger partial charge in [0, 0.05) is 19.9 Å². The summed E-state index contributed by atoms with van der Waals surface area (Å²) in [6.07, 6.45) is 3.25. The molecule has 0 radical (unpaired) electrons. The number of thioether (sulfide) groups is 1. The third-order valence-corrected chi connectivity index (χ3v) is 5.49. The van der Waals surface area contributed by atoms with Crippen molar-refractivity contribution in [3.63, 3.8) is 0 Å². The van der Waals surface area contributed by atoms with E-state index in [2.05, 4.69) is 24.1 Å². The van der Waals surface area contributed by atoms with Gasteiger partial charge in [0.25, 0.3) is 11.5 Å². The number of anilines is 1. The van der Waals surface area contributed by atoms with Crippen molar-refractivity contribution in [2.75, 3.05) is 32.1 Å². The van der Waals surface area contributed by atoms with Gasteiger partial charge in [-0.3, -0.25) is 18.9 Å². The SMILES string of the molecule is COCCN1C(=O)C(=Cc2c(NCC(C)C)nc3ccccn3c2=O)SC1=S. The van der Waals surface area contributed by atoms with Crippen LogP contribution in [-0.2, 0) is 9.53 Å². The number of nitrogens with zero attached hydrogens (tertiary/aromatic N) is 3. The number of fused-ring (bicyclic) bond motifs is 1. The fraction of sp³-hybridized carbons (Fsp3) is 0.368. The first-order valence-electron chi connectivity index (χ1n) is 8.92. The molecule has 148 valence electrons. The molecule has 0 aliphatic carbocycles. The second-order valence-corrected chi connectivity index (χ2v) is 8.38. The van der Waals surface area contributed by atoms with E-state index in [-0.39, 0.29) is 11.5 Å². The van der Waals surface area contributed by atoms with E-state index in [9.17, 15) is 9.59 Å². The lowest BCUT2D eigenvalue weighted by molar-refractivity contribution is -0.122. The minimum Gasteiger partial charge on any atom is -0.383 e. The number of rotatable bonds is 7. The minimum atomic E-state index is -0.237. The van der Waals surface area contributed by atoms with Gasteiger partial charge in [-0.1, -0.05) is 43.9 Å². The Balaban J connectivity index is 2.06. The molecule has 3 heterocycles. The molecule has 2 aromatic heterocycles. The number of amides is 1. The molecule has 0 aromatic carbocycles. The first-order chi connectivity index (χ1) is 13.4. The van der Waals surface area contributed by atoms with Gasteiger partial charge in [-0.25, -0.2) is 4.98 Å². The molecule has 28 heavy (non-hydrogen) atoms. The van der Waals surface area contributed by atoms with Crippen molar-refractivity contribution in [3.05, 3.63) is 45.2 Å². The first-order valence-corrected chi connectivity index (χ1v) is 10.1. The third kappa shape index (κ3) is 4.26. The predicted molar refractivity (Wildman–Crippen MR) is 117 cm³/mol. The Morgan fingerprint density at radius 1 is 1.36 bits per heavy atom. The van der Waals surface area contributed by atoms with Crippen LogP contribution in [0.25, 0.3) is 11.7 Å². The molecule has 2 aromatic rings. The monoisotopic (exact) mass is 418 g/mol. The lowest BCUT2D eigenvalue weighted by atomic mass is 10.2. The van der Waals surface area contributed by atoms with E-state index in [1.54, 1.807) is 31.5 Å². The van der Waals surface area contributed by atoms with Crippen LogP contribution in [0.2, 0.25) is 0 Å². The van der Waals surface area contributed by atoms with E-state index < -0.39 is 0 Å². The van der Waals surface area contributed by atoms with Crippen LogP contribution in [0.3, 0.4) is 0 Å². The third-order valence-electron chi connectivity index (χ3n) is 4.11. The zero-order valence-corrected chi connectivity index (χ0v) is 17.6. The summed E-state index contributed by atoms with van der Waals surface area (Å²) < 4.78 is 6.97. The van der Waals surface area contributed by atoms with Gasteiger partial charge >= 0.3 is 0 Å². The summed E-state index contributed by atoms with van der Waals surface area (Å²) in [5.41, 5.74) is 0.652. The fourth-order valence-electron chi connectivity index (χ4n) is 2.67. The minimum absolute atomic E-state index is 0.223. The number of hydrogen-bond donors (Lipinski definition) is 1. The number of hydrogen-bond acceptors (Lipinski definition) is 7. The van der Waals surface area contributed by atoms with Crippen LogP contribution in [0, 0.1) is 5.92 Å². The summed E-state index contributed by atoms with van der Waals surface area (Å²) in [7, 11) is 1.57. The number of methoxy groups -OCH3 is 1. The first kappa shape index (κ1) is 20.5. The lowest BCUT2D eigenvalue weighted by Gasteiger charge is -2.13. The van der Waals surface area contributed by atoms with Crippen molar-refractivity contribution in [2.45, 2.75) is 13.8 Å². The van der Waals surface area contributed by atoms with Gasteiger partial charge in [0.15, 0.2) is 0 Å². The number of nitrogens with one attached hydrogen (secondary N) is 1. The zero-order chi connectivity index (χ0) is 20.3. The van der Waals surface area contributed by atoms with Gasteiger partial charge in [-0.05, 0) is 24.1 Å². The highest BCUT2D eigenvalue weighted by Crippen LogP contribution is 2.32. The molecule has 3 rings (SSSR count). The molecule has 0 atom stereocenters. The summed E-state index contributed by atoms with van der Waals surface area (Å²) in [4.78, 5) is 32.3. The Labute approximate surface area is 172 Å². The summed E-state index contributed by atoms with van der Waals surface area (Å²) in [6.45, 7) is 5.57. The standard InChI is InChI=1S/C19H22N4O3S2/c1-12(2)11-20-16-13(17(24)22-7-5-4-6-15(22)21-16)10-14-18(25)23(8-9-26-3)19(27)28-14/h4-7,10,12,20H,8-9,11H2,1-3H3. The maximum Gasteiger partial charge on any atom is 0.267 e. The van der Waals surface area contributed by atoms with Crippen molar-refractivity contribution >= 4 is 51.7 Å². The van der Waals surface area contributed by atoms with Crippen molar-refractivity contribution in [2.24, 2.45) is 5.92 Å². The van der Waals surface area contributed by atoms with Crippen LogP contribution < -0.4 is 10.9 Å². The molecule has 0 unspecified atom stereocenters. The van der Waals surface area contributed by atoms with E-state index in [0.29, 0.717) is 51.9 Å². The van der Waals surface area contributed by atoms with E-state index >= 15 is 0 Å². The molecule has 1 saturated heterocycles. The second-order valence-electron chi connectivity index (χ2n) is 6.71. The smallest absolute Gasteiger partial charge is 0.267 e. The molecule has 1 aliphatic rings. The van der Waals surface area contributed by atoms with E-state index in [0.717, 1.165) is 0 Å². The molecule has 0 saturated carbocycles. The van der Waals surface area contributed by atoms with Gasteiger partial charge < -0.3 is 10.1 Å². The Kier molecular flexibility index (Phi) is 6.48. The van der Waals surface area contributed by atoms with Crippen molar-refractivity contribution < 1.29 is 9.53 Å². The molecule has 0 bridgehead atoms. The highest BCUT2D eigenvalue weighted by atomic mass is 32.2. The molecule has 1 amide bonds. The van der Waals surface area contributed by atoms with Gasteiger partial charge in [0.2, 0.25) is 0 Å². The van der Waals surface area contributed by atoms with E-state index in [1.807, 2.05) is 6.07 Å². The number of carbonyl (C=O) groups excluding carboxylic acids is 1. The Morgan fingerprint density at radius 2 is 2.14 bits per heavy atom. The molecule has 1 fully saturated rings. The second kappa shape index (κ2) is 8.85. The zero-order valence-electron chi connectivity index (χ0n) is 16.0. The summed E-state index contributed by atoms with van der Waals surface area (Å²) in [5, 5.41) is 3.24. The number of aromatic nitrogens is 2. The number of ether oxygens (including phenoxy) is 1. The summed E-state index contributed by atoms with van der Waals surface area (Å²) in [5.74, 6) is 0.614. The van der Waals surface area contributed by atoms with Crippen molar-refractivity contribution in [3.8, 4) is 0 Å². The highest BCUT2D eigenvalue weighted by Gasteiger charge is 2.32. The van der Waals surface area contributed by atoms with Crippen LogP contribution in [0.1, 0.15) is 19.4 Å². The van der Waals surface area contributed by atoms with Gasteiger partial charge in [0.05, 0.1) is 23.6 Å². The quantitative estimate of drug-likeness (QED) is 0.547. The molecule has 1 N–H and O–H groups in total. The van der Waals surface area contributed by atoms with Crippen LogP contribution in [0.5, 0.6) is 0 Å². The maximum atomic E-state index is 13.1. The molecular formula is C19H22N4O3S2. The fourth-order valence-corrected chi connectivity index (χ4v) is 3.97. The van der Waals surface area contributed by atoms with Crippen LogP contribution in [0.15, 0.2) is 34.1 Å². The van der Waals surface area contributed by atoms with E-state index in [4.69, 9.17) is 17.0 Å². The number of pyridine rings is 1. The molecule has 1 aliphatic heterocycles. The topological polar surface area (TPSA) is 75.9 Å². The maximum absolute atomic E-state index is 13.1. The Morgan fingerprint density at radius 3 is 2.86 bits per heavy atom. The number of thiocarbonyl (C=S) groups is 1. The van der Waals surface area contributed by atoms with Crippen LogP contribution in [-0.4, -0.2) is 51.3 Å². The van der Waals surface area contributed by atoms with Crippen molar-refractivity contribution in [1.29, 1.82) is 0 Å². The summed E-state index contributed by atoms with van der Waals surface area (Å²) >= 11 is 6.49. The largest absolute Gasteiger partial charge is 0.383 e. The van der Waals surface area contributed by atoms with Crippen LogP contribution in [0.4, 0.5) is 5.82 Å². The predicted octanol–water partition coefficient (Wildman–Crippen LogP) is 2.61. The molecule has 9 heteroatoms. The number of carbonyl (C=O) groups is 1. The van der Waals surface area contributed by atoms with Gasteiger partial charge in [-0.15, -0.1) is 0 Å². The van der Waals surface area contributed by atoms with E-state index in [1.165, 1.54) is 21.1 Å². The molecule has 7 nitrogen and oxygen atoms in total. The Bertz CT molecular complexity index is 1000. The Hall–Kier alpha value is -2.23.